The van der Waals surface area contributed by atoms with Crippen molar-refractivity contribution >= 4 is 23.1 Å². The Bertz CT molecular complexity index is 1070. The molecule has 0 saturated carbocycles. The van der Waals surface area contributed by atoms with Crippen LogP contribution in [0, 0.1) is 12.3 Å². The Morgan fingerprint density at radius 1 is 1.40 bits per heavy atom. The number of aryl methyl sites for hydroxylation is 1. The third-order valence-electron chi connectivity index (χ3n) is 4.48. The summed E-state index contributed by atoms with van der Waals surface area (Å²) in [5.41, 5.74) is 7.24. The lowest BCUT2D eigenvalue weighted by Crippen LogP contribution is -2.16. The lowest BCUT2D eigenvalue weighted by molar-refractivity contribution is 0.328. The van der Waals surface area contributed by atoms with E-state index in [1.807, 2.05) is 36.6 Å². The highest BCUT2D eigenvalue weighted by molar-refractivity contribution is 6.30. The summed E-state index contributed by atoms with van der Waals surface area (Å²) in [5.74, 6) is 1.56. The maximum atomic E-state index is 8.08. The zero-order chi connectivity index (χ0) is 21.7. The number of hydrogen-bond acceptors (Lipinski definition) is 8. The van der Waals surface area contributed by atoms with Gasteiger partial charge in [-0.05, 0) is 38.0 Å². The van der Waals surface area contributed by atoms with Gasteiger partial charge in [-0.1, -0.05) is 13.8 Å². The summed E-state index contributed by atoms with van der Waals surface area (Å²) in [7, 11) is 1.70. The van der Waals surface area contributed by atoms with E-state index < -0.39 is 0 Å². The molecule has 0 spiro atoms. The molecule has 0 radical (unpaired) electrons. The minimum Gasteiger partial charge on any atom is -0.477 e. The Hall–Kier alpha value is -3.49. The van der Waals surface area contributed by atoms with E-state index in [1.165, 1.54) is 6.21 Å². The van der Waals surface area contributed by atoms with Gasteiger partial charge >= 0.3 is 0 Å². The molecule has 0 atom stereocenters. The van der Waals surface area contributed by atoms with Crippen LogP contribution in [0.25, 0.3) is 16.8 Å². The Labute approximate surface area is 176 Å². The second-order valence-corrected chi connectivity index (χ2v) is 7.05. The van der Waals surface area contributed by atoms with E-state index >= 15 is 0 Å². The number of ether oxygens (including phenoxy) is 1. The maximum Gasteiger partial charge on any atom is 0.222 e. The molecular formula is C21H28N8O. The molecule has 0 bridgehead atoms. The van der Waals surface area contributed by atoms with Gasteiger partial charge in [-0.25, -0.2) is 14.5 Å². The normalized spacial score (nSPS) is 11.4. The molecule has 0 fully saturated rings. The predicted octanol–water partition coefficient (Wildman–Crippen LogP) is 3.26. The van der Waals surface area contributed by atoms with E-state index in [0.717, 1.165) is 28.3 Å². The molecular weight excluding hydrogens is 380 g/mol. The molecule has 30 heavy (non-hydrogen) atoms. The third kappa shape index (κ3) is 4.40. The van der Waals surface area contributed by atoms with Gasteiger partial charge in [0, 0.05) is 13.2 Å². The van der Waals surface area contributed by atoms with E-state index in [9.17, 15) is 0 Å². The molecule has 0 saturated heterocycles. The number of nitrogens with one attached hydrogen (secondary N) is 3. The highest BCUT2D eigenvalue weighted by Gasteiger charge is 2.19. The zero-order valence-corrected chi connectivity index (χ0v) is 18.0. The molecule has 3 rings (SSSR count). The van der Waals surface area contributed by atoms with Gasteiger partial charge in [0.2, 0.25) is 5.88 Å². The second kappa shape index (κ2) is 9.34. The molecule has 3 aromatic heterocycles. The Kier molecular flexibility index (Phi) is 6.61. The first-order chi connectivity index (χ1) is 14.5. The molecule has 158 valence electrons. The molecule has 9 heteroatoms. The van der Waals surface area contributed by atoms with Gasteiger partial charge in [0.15, 0.2) is 0 Å². The van der Waals surface area contributed by atoms with Crippen molar-refractivity contribution in [2.75, 3.05) is 25.5 Å². The quantitative estimate of drug-likeness (QED) is 0.370. The summed E-state index contributed by atoms with van der Waals surface area (Å²) in [6.45, 7) is 8.91. The van der Waals surface area contributed by atoms with Crippen molar-refractivity contribution in [1.82, 2.24) is 25.0 Å². The fourth-order valence-electron chi connectivity index (χ4n) is 3.15. The molecule has 3 heterocycles. The van der Waals surface area contributed by atoms with Crippen molar-refractivity contribution in [1.29, 1.82) is 5.41 Å². The van der Waals surface area contributed by atoms with Gasteiger partial charge < -0.3 is 20.9 Å². The Balaban J connectivity index is 2.14. The molecule has 0 amide bonds. The monoisotopic (exact) mass is 408 g/mol. The van der Waals surface area contributed by atoms with Crippen LogP contribution < -0.4 is 15.5 Å². The lowest BCUT2D eigenvalue weighted by Gasteiger charge is -2.14. The van der Waals surface area contributed by atoms with Crippen molar-refractivity contribution < 1.29 is 4.74 Å². The van der Waals surface area contributed by atoms with Crippen molar-refractivity contribution in [2.24, 2.45) is 5.10 Å². The van der Waals surface area contributed by atoms with Gasteiger partial charge in [0.05, 0.1) is 47.7 Å². The van der Waals surface area contributed by atoms with E-state index in [4.69, 9.17) is 20.2 Å². The molecule has 0 aliphatic rings. The summed E-state index contributed by atoms with van der Waals surface area (Å²) < 4.78 is 7.55. The van der Waals surface area contributed by atoms with Gasteiger partial charge in [-0.2, -0.15) is 10.2 Å². The summed E-state index contributed by atoms with van der Waals surface area (Å²) in [4.78, 5) is 9.10. The van der Waals surface area contributed by atoms with Crippen LogP contribution in [-0.2, 0) is 0 Å². The topological polar surface area (TPSA) is 113 Å². The van der Waals surface area contributed by atoms with Crippen LogP contribution in [0.5, 0.6) is 5.88 Å². The van der Waals surface area contributed by atoms with E-state index in [0.29, 0.717) is 30.4 Å². The first-order valence-corrected chi connectivity index (χ1v) is 9.95. The van der Waals surface area contributed by atoms with Crippen molar-refractivity contribution in [3.63, 3.8) is 0 Å². The third-order valence-corrected chi connectivity index (χ3v) is 4.48. The number of imidazole rings is 1. The average Bonchev–Trinajstić information content (AvgIpc) is 3.08. The molecule has 0 unspecified atom stereocenters. The highest BCUT2D eigenvalue weighted by atomic mass is 16.5. The van der Waals surface area contributed by atoms with Crippen LogP contribution in [0.1, 0.15) is 38.2 Å². The highest BCUT2D eigenvalue weighted by Crippen LogP contribution is 2.33. The number of fused-ring (bicyclic) bond motifs is 1. The molecule has 3 aromatic rings. The molecule has 0 aromatic carbocycles. The minimum atomic E-state index is 0.226. The van der Waals surface area contributed by atoms with E-state index in [2.05, 4.69) is 34.7 Å². The van der Waals surface area contributed by atoms with Crippen LogP contribution in [0.15, 0.2) is 29.5 Å². The molecule has 0 aliphatic heterocycles. The van der Waals surface area contributed by atoms with Gasteiger partial charge in [0.1, 0.15) is 11.3 Å². The summed E-state index contributed by atoms with van der Waals surface area (Å²) in [6, 6.07) is 5.76. The van der Waals surface area contributed by atoms with Crippen LogP contribution in [0.2, 0.25) is 0 Å². The number of pyridine rings is 1. The number of hydrogen-bond donors (Lipinski definition) is 3. The minimum absolute atomic E-state index is 0.226. The van der Waals surface area contributed by atoms with Crippen molar-refractivity contribution in [3.05, 3.63) is 35.9 Å². The van der Waals surface area contributed by atoms with Crippen LogP contribution in [0.3, 0.4) is 0 Å². The van der Waals surface area contributed by atoms with Crippen LogP contribution >= 0.6 is 0 Å². The van der Waals surface area contributed by atoms with Gasteiger partial charge in [0.25, 0.3) is 0 Å². The molecule has 9 nitrogen and oxygen atoms in total. The summed E-state index contributed by atoms with van der Waals surface area (Å²) >= 11 is 0. The Morgan fingerprint density at radius 2 is 2.20 bits per heavy atom. The first-order valence-electron chi connectivity index (χ1n) is 9.95. The predicted molar refractivity (Wildman–Crippen MR) is 120 cm³/mol. The lowest BCUT2D eigenvalue weighted by atomic mass is 10.1. The first kappa shape index (κ1) is 21.2. The van der Waals surface area contributed by atoms with Crippen LogP contribution in [0.4, 0.5) is 5.69 Å². The fourth-order valence-corrected chi connectivity index (χ4v) is 3.15. The van der Waals surface area contributed by atoms with Crippen molar-refractivity contribution in [2.45, 2.75) is 33.6 Å². The van der Waals surface area contributed by atoms with E-state index in [1.54, 1.807) is 13.2 Å². The average molecular weight is 409 g/mol. The maximum absolute atomic E-state index is 8.08. The molecule has 3 N–H and O–H groups in total. The van der Waals surface area contributed by atoms with Crippen LogP contribution in [-0.4, -0.2) is 51.7 Å². The largest absolute Gasteiger partial charge is 0.477 e. The molecule has 0 aliphatic carbocycles. The SMILES string of the molecule is CCOc1ncccc1-c1cc(NCC(=N)/C=N\NC)c2c(C(C)C)nc(C)n2n1. The fraction of sp³-hybridized carbons (Fsp3) is 0.381. The summed E-state index contributed by atoms with van der Waals surface area (Å²) in [5, 5.41) is 20.2. The number of nitrogens with zero attached hydrogens (tertiary/aromatic N) is 5. The zero-order valence-electron chi connectivity index (χ0n) is 18.0. The van der Waals surface area contributed by atoms with E-state index in [-0.39, 0.29) is 5.92 Å². The van der Waals surface area contributed by atoms with Crippen molar-refractivity contribution in [3.8, 4) is 17.1 Å². The smallest absolute Gasteiger partial charge is 0.222 e. The number of aromatic nitrogens is 4. The second-order valence-electron chi connectivity index (χ2n) is 7.05. The standard InChI is InChI=1S/C21H28N8O/c1-6-30-21-16(8-7-9-24-21)17-10-18(25-11-15(22)12-26-23-5)20-19(13(2)3)27-14(4)29(20)28-17/h7-10,12-13,22-23,25H,6,11H2,1-5H3/b22-15?,26-12-. The summed E-state index contributed by atoms with van der Waals surface area (Å²) in [6.07, 6.45) is 3.18. The van der Waals surface area contributed by atoms with Gasteiger partial charge in [-0.15, -0.1) is 0 Å². The number of anilines is 1. The van der Waals surface area contributed by atoms with Gasteiger partial charge in [-0.3, -0.25) is 0 Å². The Morgan fingerprint density at radius 3 is 2.90 bits per heavy atom. The number of rotatable bonds is 9. The number of hydrazone groups is 1.